The maximum Gasteiger partial charge on any atom is 0.269 e. The van der Waals surface area contributed by atoms with Crippen molar-refractivity contribution in [3.63, 3.8) is 0 Å². The molecule has 156 valence electrons. The lowest BCUT2D eigenvalue weighted by Gasteiger charge is -2.21. The van der Waals surface area contributed by atoms with Gasteiger partial charge in [-0.25, -0.2) is 0 Å². The summed E-state index contributed by atoms with van der Waals surface area (Å²) in [6, 6.07) is 12.8. The summed E-state index contributed by atoms with van der Waals surface area (Å²) in [5.41, 5.74) is 7.37. The van der Waals surface area contributed by atoms with Gasteiger partial charge >= 0.3 is 0 Å². The van der Waals surface area contributed by atoms with Crippen molar-refractivity contribution in [2.24, 2.45) is 0 Å². The van der Waals surface area contributed by atoms with Crippen molar-refractivity contribution in [1.82, 2.24) is 10.9 Å². The van der Waals surface area contributed by atoms with E-state index in [2.05, 4.69) is 29.6 Å². The average molecular weight is 399 g/mol. The van der Waals surface area contributed by atoms with Crippen molar-refractivity contribution in [2.45, 2.75) is 26.7 Å². The van der Waals surface area contributed by atoms with Crippen LogP contribution in [0.15, 0.2) is 42.5 Å². The number of carbonyl (C=O) groups excluding carboxylic acids is 2. The highest BCUT2D eigenvalue weighted by Crippen LogP contribution is 2.23. The number of ether oxygens (including phenoxy) is 2. The monoisotopic (exact) mass is 399 g/mol. The Bertz CT molecular complexity index is 795. The highest BCUT2D eigenvalue weighted by atomic mass is 16.5. The molecular weight excluding hydrogens is 370 g/mol. The van der Waals surface area contributed by atoms with E-state index < -0.39 is 0 Å². The summed E-state index contributed by atoms with van der Waals surface area (Å²) >= 11 is 0. The molecule has 0 radical (unpaired) electrons. The number of methoxy groups -OCH3 is 2. The molecule has 0 spiro atoms. The lowest BCUT2D eigenvalue weighted by Crippen LogP contribution is -2.41. The van der Waals surface area contributed by atoms with Crippen LogP contribution in [0.2, 0.25) is 0 Å². The Labute approximate surface area is 172 Å². The predicted molar refractivity (Wildman–Crippen MR) is 113 cm³/mol. The standard InChI is InChI=1S/C22H29N3O4/c1-5-25(6-2)18-10-8-17(9-11-18)22(27)24-23-21(26)12-7-16-13-19(28-3)15-20(14-16)29-4/h8-11,13-15H,5-7,12H2,1-4H3,(H,23,26)(H,24,27). The molecule has 0 saturated heterocycles. The van der Waals surface area contributed by atoms with Gasteiger partial charge in [0.2, 0.25) is 5.91 Å². The molecule has 2 amide bonds. The fourth-order valence-corrected chi connectivity index (χ4v) is 2.94. The van der Waals surface area contributed by atoms with Gasteiger partial charge in [-0.05, 0) is 62.2 Å². The van der Waals surface area contributed by atoms with Crippen LogP contribution in [0.25, 0.3) is 0 Å². The third-order valence-corrected chi connectivity index (χ3v) is 4.63. The summed E-state index contributed by atoms with van der Waals surface area (Å²) in [6.07, 6.45) is 0.714. The van der Waals surface area contributed by atoms with Crippen molar-refractivity contribution >= 4 is 17.5 Å². The summed E-state index contributed by atoms with van der Waals surface area (Å²) in [7, 11) is 3.16. The molecule has 0 aromatic heterocycles. The van der Waals surface area contributed by atoms with Gasteiger partial charge in [-0.1, -0.05) is 0 Å². The van der Waals surface area contributed by atoms with Gasteiger partial charge in [-0.3, -0.25) is 20.4 Å². The topological polar surface area (TPSA) is 79.9 Å². The molecule has 0 saturated carbocycles. The molecule has 0 aliphatic rings. The van der Waals surface area contributed by atoms with E-state index in [0.717, 1.165) is 24.3 Å². The molecule has 0 aliphatic carbocycles. The number of hydrogen-bond donors (Lipinski definition) is 2. The van der Waals surface area contributed by atoms with E-state index in [1.165, 1.54) is 0 Å². The molecule has 2 aromatic carbocycles. The number of anilines is 1. The summed E-state index contributed by atoms with van der Waals surface area (Å²) in [5, 5.41) is 0. The predicted octanol–water partition coefficient (Wildman–Crippen LogP) is 2.94. The molecule has 0 aliphatic heterocycles. The smallest absolute Gasteiger partial charge is 0.269 e. The number of nitrogens with one attached hydrogen (secondary N) is 2. The lowest BCUT2D eigenvalue weighted by atomic mass is 10.1. The molecule has 0 unspecified atom stereocenters. The van der Waals surface area contributed by atoms with Gasteiger partial charge in [0.05, 0.1) is 14.2 Å². The van der Waals surface area contributed by atoms with Crippen LogP contribution in [0.3, 0.4) is 0 Å². The quantitative estimate of drug-likeness (QED) is 0.634. The average Bonchev–Trinajstić information content (AvgIpc) is 2.77. The summed E-state index contributed by atoms with van der Waals surface area (Å²) in [6.45, 7) is 5.97. The number of aryl methyl sites for hydroxylation is 1. The van der Waals surface area contributed by atoms with Crippen molar-refractivity contribution in [1.29, 1.82) is 0 Å². The van der Waals surface area contributed by atoms with Crippen LogP contribution >= 0.6 is 0 Å². The minimum atomic E-state index is -0.354. The fraction of sp³-hybridized carbons (Fsp3) is 0.364. The second-order valence-electron chi connectivity index (χ2n) is 6.44. The van der Waals surface area contributed by atoms with Gasteiger partial charge in [0, 0.05) is 36.8 Å². The van der Waals surface area contributed by atoms with E-state index >= 15 is 0 Å². The Morgan fingerprint density at radius 1 is 0.897 bits per heavy atom. The lowest BCUT2D eigenvalue weighted by molar-refractivity contribution is -0.121. The first-order valence-corrected chi connectivity index (χ1v) is 9.66. The number of rotatable bonds is 9. The minimum absolute atomic E-state index is 0.220. The maximum absolute atomic E-state index is 12.2. The van der Waals surface area contributed by atoms with Gasteiger partial charge in [-0.2, -0.15) is 0 Å². The second-order valence-corrected chi connectivity index (χ2v) is 6.44. The van der Waals surface area contributed by atoms with Crippen LogP contribution in [-0.2, 0) is 11.2 Å². The van der Waals surface area contributed by atoms with Gasteiger partial charge in [0.15, 0.2) is 0 Å². The molecule has 0 heterocycles. The molecule has 2 rings (SSSR count). The SMILES string of the molecule is CCN(CC)c1ccc(C(=O)NNC(=O)CCc2cc(OC)cc(OC)c2)cc1. The van der Waals surface area contributed by atoms with Crippen LogP contribution in [-0.4, -0.2) is 39.1 Å². The largest absolute Gasteiger partial charge is 0.497 e. The van der Waals surface area contributed by atoms with Gasteiger partial charge in [0.25, 0.3) is 5.91 Å². The van der Waals surface area contributed by atoms with Gasteiger partial charge in [0.1, 0.15) is 11.5 Å². The number of carbonyl (C=O) groups is 2. The molecule has 29 heavy (non-hydrogen) atoms. The number of hydrazine groups is 1. The molecule has 0 bridgehead atoms. The Morgan fingerprint density at radius 2 is 1.48 bits per heavy atom. The van der Waals surface area contributed by atoms with E-state index in [4.69, 9.17) is 9.47 Å². The van der Waals surface area contributed by atoms with Crippen LogP contribution in [0.1, 0.15) is 36.2 Å². The summed E-state index contributed by atoms with van der Waals surface area (Å²) in [5.74, 6) is 0.704. The van der Waals surface area contributed by atoms with E-state index in [-0.39, 0.29) is 18.2 Å². The normalized spacial score (nSPS) is 10.2. The summed E-state index contributed by atoms with van der Waals surface area (Å²) < 4.78 is 10.5. The van der Waals surface area contributed by atoms with E-state index in [0.29, 0.717) is 23.5 Å². The van der Waals surface area contributed by atoms with E-state index in [1.54, 1.807) is 32.4 Å². The molecule has 0 atom stereocenters. The zero-order chi connectivity index (χ0) is 21.2. The van der Waals surface area contributed by atoms with Crippen molar-refractivity contribution < 1.29 is 19.1 Å². The Kier molecular flexibility index (Phi) is 8.33. The van der Waals surface area contributed by atoms with Crippen molar-refractivity contribution in [2.75, 3.05) is 32.2 Å². The molecule has 2 N–H and O–H groups in total. The molecule has 2 aromatic rings. The maximum atomic E-state index is 12.2. The van der Waals surface area contributed by atoms with Crippen LogP contribution in [0.5, 0.6) is 11.5 Å². The van der Waals surface area contributed by atoms with Crippen LogP contribution in [0, 0.1) is 0 Å². The zero-order valence-corrected chi connectivity index (χ0v) is 17.5. The van der Waals surface area contributed by atoms with E-state index in [9.17, 15) is 9.59 Å². The van der Waals surface area contributed by atoms with Crippen molar-refractivity contribution in [3.05, 3.63) is 53.6 Å². The zero-order valence-electron chi connectivity index (χ0n) is 17.5. The fourth-order valence-electron chi connectivity index (χ4n) is 2.94. The minimum Gasteiger partial charge on any atom is -0.497 e. The highest BCUT2D eigenvalue weighted by Gasteiger charge is 2.10. The first kappa shape index (κ1) is 22.1. The number of benzene rings is 2. The summed E-state index contributed by atoms with van der Waals surface area (Å²) in [4.78, 5) is 26.5. The number of amides is 2. The van der Waals surface area contributed by atoms with Gasteiger partial charge < -0.3 is 14.4 Å². The third kappa shape index (κ3) is 6.41. The molecular formula is C22H29N3O4. The Hall–Kier alpha value is -3.22. The molecule has 0 fully saturated rings. The first-order chi connectivity index (χ1) is 14.0. The first-order valence-electron chi connectivity index (χ1n) is 9.66. The van der Waals surface area contributed by atoms with Gasteiger partial charge in [-0.15, -0.1) is 0 Å². The Balaban J connectivity index is 1.85. The van der Waals surface area contributed by atoms with Crippen molar-refractivity contribution in [3.8, 4) is 11.5 Å². The Morgan fingerprint density at radius 3 is 2.00 bits per heavy atom. The third-order valence-electron chi connectivity index (χ3n) is 4.63. The number of hydrogen-bond acceptors (Lipinski definition) is 5. The number of nitrogens with zero attached hydrogens (tertiary/aromatic N) is 1. The van der Waals surface area contributed by atoms with E-state index in [1.807, 2.05) is 24.3 Å². The second kappa shape index (κ2) is 10.9. The van der Waals surface area contributed by atoms with Crippen LogP contribution < -0.4 is 25.2 Å². The molecule has 7 nitrogen and oxygen atoms in total. The highest BCUT2D eigenvalue weighted by molar-refractivity contribution is 5.95. The molecule has 7 heteroatoms. The van der Waals surface area contributed by atoms with Crippen LogP contribution in [0.4, 0.5) is 5.69 Å².